The second kappa shape index (κ2) is 12.3. The van der Waals surface area contributed by atoms with E-state index in [9.17, 15) is 13.2 Å². The lowest BCUT2D eigenvalue weighted by molar-refractivity contribution is -0.138. The van der Waals surface area contributed by atoms with Crippen molar-refractivity contribution in [2.75, 3.05) is 26.2 Å². The van der Waals surface area contributed by atoms with Crippen LogP contribution < -0.4 is 10.1 Å². The molecule has 0 spiro atoms. The molecule has 0 saturated carbocycles. The lowest BCUT2D eigenvalue weighted by Crippen LogP contribution is -2.45. The third kappa shape index (κ3) is 8.42. The van der Waals surface area contributed by atoms with Crippen molar-refractivity contribution in [1.82, 2.24) is 10.2 Å². The van der Waals surface area contributed by atoms with Gasteiger partial charge >= 0.3 is 6.18 Å². The Labute approximate surface area is 182 Å². The minimum absolute atomic E-state index is 0. The van der Waals surface area contributed by atoms with Gasteiger partial charge in [0.15, 0.2) is 0 Å². The number of halogens is 5. The Bertz CT molecular complexity index is 711. The molecule has 3 nitrogen and oxygen atoms in total. The number of hydrogen-bond acceptors (Lipinski definition) is 3. The molecule has 1 aliphatic rings. The van der Waals surface area contributed by atoms with Crippen LogP contribution in [0.2, 0.25) is 0 Å². The van der Waals surface area contributed by atoms with E-state index in [2.05, 4.69) is 10.2 Å². The van der Waals surface area contributed by atoms with E-state index in [-0.39, 0.29) is 37.3 Å². The van der Waals surface area contributed by atoms with Crippen LogP contribution in [0.1, 0.15) is 30.0 Å². The highest BCUT2D eigenvalue weighted by atomic mass is 35.5. The summed E-state index contributed by atoms with van der Waals surface area (Å²) < 4.78 is 44.4. The summed E-state index contributed by atoms with van der Waals surface area (Å²) in [6.07, 6.45) is -4.87. The zero-order chi connectivity index (χ0) is 19.1. The van der Waals surface area contributed by atoms with Gasteiger partial charge < -0.3 is 10.1 Å². The molecule has 29 heavy (non-hydrogen) atoms. The molecule has 8 heteroatoms. The number of nitrogens with zero attached hydrogens (tertiary/aromatic N) is 1. The fraction of sp³-hybridized carbons (Fsp3) is 0.429. The van der Waals surface area contributed by atoms with E-state index in [1.807, 2.05) is 54.6 Å². The molecule has 162 valence electrons. The molecule has 0 bridgehead atoms. The first-order valence-corrected chi connectivity index (χ1v) is 9.29. The fourth-order valence-corrected chi connectivity index (χ4v) is 3.41. The third-order valence-corrected chi connectivity index (χ3v) is 4.78. The molecule has 2 aromatic carbocycles. The van der Waals surface area contributed by atoms with Gasteiger partial charge in [-0.15, -0.1) is 24.8 Å². The summed E-state index contributed by atoms with van der Waals surface area (Å²) in [5, 5.41) is 3.25. The predicted molar refractivity (Wildman–Crippen MR) is 114 cm³/mol. The molecule has 0 amide bonds. The second-order valence-electron chi connectivity index (χ2n) is 6.80. The van der Waals surface area contributed by atoms with Crippen molar-refractivity contribution >= 4 is 24.8 Å². The van der Waals surface area contributed by atoms with E-state index in [0.29, 0.717) is 12.4 Å². The molecule has 0 radical (unpaired) electrons. The van der Waals surface area contributed by atoms with Crippen LogP contribution in [0.15, 0.2) is 54.6 Å². The molecule has 0 unspecified atom stereocenters. The number of hydrogen-bond donors (Lipinski definition) is 1. The summed E-state index contributed by atoms with van der Waals surface area (Å²) in [4.78, 5) is 2.14. The highest BCUT2D eigenvalue weighted by Gasteiger charge is 2.31. The van der Waals surface area contributed by atoms with Crippen LogP contribution in [0.4, 0.5) is 13.2 Å². The largest absolute Gasteiger partial charge is 0.489 e. The van der Waals surface area contributed by atoms with Crippen LogP contribution in [0, 0.1) is 0 Å². The quantitative estimate of drug-likeness (QED) is 0.611. The van der Waals surface area contributed by atoms with Crippen LogP contribution in [-0.4, -0.2) is 37.3 Å². The Balaban J connectivity index is 0.00000210. The van der Waals surface area contributed by atoms with Crippen LogP contribution >= 0.6 is 24.8 Å². The lowest BCUT2D eigenvalue weighted by Gasteiger charge is -2.35. The third-order valence-electron chi connectivity index (χ3n) is 4.78. The first-order chi connectivity index (χ1) is 13.0. The maximum absolute atomic E-state index is 12.8. The van der Waals surface area contributed by atoms with Crippen LogP contribution in [0.3, 0.4) is 0 Å². The van der Waals surface area contributed by atoms with Gasteiger partial charge in [0.2, 0.25) is 0 Å². The number of nitrogens with one attached hydrogen (secondary N) is 1. The average molecular weight is 451 g/mol. The number of rotatable bonds is 7. The Kier molecular flexibility index (Phi) is 10.8. The van der Waals surface area contributed by atoms with E-state index < -0.39 is 12.6 Å². The molecule has 0 aliphatic carbocycles. The molecular weight excluding hydrogens is 424 g/mol. The second-order valence-corrected chi connectivity index (χ2v) is 6.80. The predicted octanol–water partition coefficient (Wildman–Crippen LogP) is 5.40. The Morgan fingerprint density at radius 3 is 2.31 bits per heavy atom. The van der Waals surface area contributed by atoms with Crippen molar-refractivity contribution in [2.24, 2.45) is 0 Å². The van der Waals surface area contributed by atoms with Crippen molar-refractivity contribution in [2.45, 2.75) is 31.7 Å². The zero-order valence-electron chi connectivity index (χ0n) is 16.0. The van der Waals surface area contributed by atoms with Crippen molar-refractivity contribution < 1.29 is 17.9 Å². The monoisotopic (exact) mass is 450 g/mol. The summed E-state index contributed by atoms with van der Waals surface area (Å²) in [6.45, 7) is 3.53. The highest BCUT2D eigenvalue weighted by Crippen LogP contribution is 2.33. The topological polar surface area (TPSA) is 24.5 Å². The maximum Gasteiger partial charge on any atom is 0.389 e. The number of piperazine rings is 1. The maximum atomic E-state index is 12.8. The molecule has 1 aliphatic heterocycles. The summed E-state index contributed by atoms with van der Waals surface area (Å²) >= 11 is 0. The Morgan fingerprint density at radius 1 is 0.966 bits per heavy atom. The van der Waals surface area contributed by atoms with Crippen molar-refractivity contribution in [3.05, 3.63) is 65.7 Å². The van der Waals surface area contributed by atoms with Crippen molar-refractivity contribution in [1.29, 1.82) is 0 Å². The molecule has 1 heterocycles. The van der Waals surface area contributed by atoms with E-state index in [1.165, 1.54) is 0 Å². The SMILES string of the molecule is Cl.Cl.FC(F)(F)CC[C@@H](c1cccc(OCc2ccccc2)c1)N1CCNCC1. The van der Waals surface area contributed by atoms with Crippen LogP contribution in [-0.2, 0) is 6.61 Å². The molecule has 0 aromatic heterocycles. The minimum Gasteiger partial charge on any atom is -0.489 e. The highest BCUT2D eigenvalue weighted by molar-refractivity contribution is 5.85. The summed E-state index contributed by atoms with van der Waals surface area (Å²) in [6, 6.07) is 17.1. The van der Waals surface area contributed by atoms with E-state index in [0.717, 1.165) is 37.3 Å². The van der Waals surface area contributed by atoms with Crippen LogP contribution in [0.25, 0.3) is 0 Å². The van der Waals surface area contributed by atoms with Gasteiger partial charge in [-0.3, -0.25) is 4.90 Å². The van der Waals surface area contributed by atoms with Gasteiger partial charge in [0.25, 0.3) is 0 Å². The summed E-state index contributed by atoms with van der Waals surface area (Å²) in [7, 11) is 0. The van der Waals surface area contributed by atoms with Gasteiger partial charge in [0, 0.05) is 38.6 Å². The minimum atomic E-state index is -4.15. The molecule has 1 saturated heterocycles. The normalized spacial score (nSPS) is 15.7. The van der Waals surface area contributed by atoms with Gasteiger partial charge in [0.1, 0.15) is 12.4 Å². The van der Waals surface area contributed by atoms with Crippen molar-refractivity contribution in [3.8, 4) is 5.75 Å². The molecule has 1 N–H and O–H groups in total. The average Bonchev–Trinajstić information content (AvgIpc) is 2.68. The van der Waals surface area contributed by atoms with Crippen molar-refractivity contribution in [3.63, 3.8) is 0 Å². The lowest BCUT2D eigenvalue weighted by atomic mass is 9.99. The molecule has 3 rings (SSSR count). The number of benzene rings is 2. The van der Waals surface area contributed by atoms with E-state index in [1.54, 1.807) is 0 Å². The molecular formula is C21H27Cl2F3N2O. The number of ether oxygens (including phenoxy) is 1. The van der Waals surface area contributed by atoms with Gasteiger partial charge in [-0.1, -0.05) is 42.5 Å². The molecule has 2 aromatic rings. The number of alkyl halides is 3. The standard InChI is InChI=1S/C21H25F3N2O.2ClH/c22-21(23,24)10-9-20(26-13-11-25-12-14-26)18-7-4-8-19(15-18)27-16-17-5-2-1-3-6-17;;/h1-8,15,20,25H,9-14,16H2;2*1H/t20-;;/m0../s1. The Hall–Kier alpha value is -1.47. The summed E-state index contributed by atoms with van der Waals surface area (Å²) in [5.74, 6) is 0.684. The van der Waals surface area contributed by atoms with E-state index >= 15 is 0 Å². The molecule has 1 atom stereocenters. The van der Waals surface area contributed by atoms with Gasteiger partial charge in [-0.2, -0.15) is 13.2 Å². The van der Waals surface area contributed by atoms with E-state index in [4.69, 9.17) is 4.74 Å². The van der Waals surface area contributed by atoms with Crippen LogP contribution in [0.5, 0.6) is 5.75 Å². The van der Waals surface area contributed by atoms with Gasteiger partial charge in [0.05, 0.1) is 0 Å². The van der Waals surface area contributed by atoms with Gasteiger partial charge in [-0.25, -0.2) is 0 Å². The summed E-state index contributed by atoms with van der Waals surface area (Å²) in [5.41, 5.74) is 1.94. The smallest absolute Gasteiger partial charge is 0.389 e. The molecule has 1 fully saturated rings. The zero-order valence-corrected chi connectivity index (χ0v) is 17.7. The fourth-order valence-electron chi connectivity index (χ4n) is 3.41. The Morgan fingerprint density at radius 2 is 1.66 bits per heavy atom. The first-order valence-electron chi connectivity index (χ1n) is 9.29. The van der Waals surface area contributed by atoms with Gasteiger partial charge in [-0.05, 0) is 29.7 Å². The first kappa shape index (κ1) is 25.6.